The fraction of sp³-hybridized carbons (Fsp3) is 0.333. The zero-order valence-corrected chi connectivity index (χ0v) is 6.74. The van der Waals surface area contributed by atoms with E-state index in [0.29, 0.717) is 11.6 Å². The van der Waals surface area contributed by atoms with Crippen molar-refractivity contribution in [1.29, 1.82) is 0 Å². The van der Waals surface area contributed by atoms with Crippen molar-refractivity contribution in [1.82, 2.24) is 4.98 Å². The van der Waals surface area contributed by atoms with Crippen LogP contribution in [0.4, 0.5) is 0 Å². The number of aldehydes is 1. The number of aromatic nitrogens is 1. The van der Waals surface area contributed by atoms with Crippen molar-refractivity contribution in [2.75, 3.05) is 0 Å². The van der Waals surface area contributed by atoms with Gasteiger partial charge in [-0.25, -0.2) is 0 Å². The lowest BCUT2D eigenvalue weighted by molar-refractivity contribution is 0.111. The van der Waals surface area contributed by atoms with Gasteiger partial charge in [-0.3, -0.25) is 9.78 Å². The van der Waals surface area contributed by atoms with E-state index in [1.165, 1.54) is 0 Å². The third-order valence-electron chi connectivity index (χ3n) is 1.59. The van der Waals surface area contributed by atoms with Crippen LogP contribution < -0.4 is 0 Å². The van der Waals surface area contributed by atoms with E-state index < -0.39 is 0 Å². The number of pyridine rings is 1. The highest BCUT2D eigenvalue weighted by atomic mass is 16.1. The van der Waals surface area contributed by atoms with E-state index in [4.69, 9.17) is 0 Å². The lowest BCUT2D eigenvalue weighted by Crippen LogP contribution is -1.91. The maximum absolute atomic E-state index is 10.3. The van der Waals surface area contributed by atoms with Crippen LogP contribution in [0, 0.1) is 0 Å². The summed E-state index contributed by atoms with van der Waals surface area (Å²) in [7, 11) is 0. The molecule has 0 aliphatic rings. The van der Waals surface area contributed by atoms with Crippen molar-refractivity contribution >= 4 is 6.29 Å². The van der Waals surface area contributed by atoms with Gasteiger partial charge >= 0.3 is 0 Å². The molecule has 0 aliphatic heterocycles. The van der Waals surface area contributed by atoms with Gasteiger partial charge in [-0.2, -0.15) is 0 Å². The highest BCUT2D eigenvalue weighted by Crippen LogP contribution is 2.12. The Balaban J connectivity index is 3.00. The molecule has 0 aliphatic carbocycles. The zero-order valence-electron chi connectivity index (χ0n) is 6.74. The summed E-state index contributed by atoms with van der Waals surface area (Å²) >= 11 is 0. The maximum atomic E-state index is 10.3. The number of carbonyl (C=O) groups excluding carboxylic acids is 1. The summed E-state index contributed by atoms with van der Waals surface area (Å²) < 4.78 is 0. The molecule has 0 spiro atoms. The minimum absolute atomic E-state index is 0.455. The number of carbonyl (C=O) groups is 1. The molecule has 0 N–H and O–H groups in total. The van der Waals surface area contributed by atoms with Crippen LogP contribution in [0.5, 0.6) is 0 Å². The molecule has 2 heteroatoms. The summed E-state index contributed by atoms with van der Waals surface area (Å²) in [5.41, 5.74) is 1.67. The maximum Gasteiger partial charge on any atom is 0.168 e. The van der Waals surface area contributed by atoms with Crippen molar-refractivity contribution in [3.63, 3.8) is 0 Å². The van der Waals surface area contributed by atoms with Crippen LogP contribution in [0.15, 0.2) is 18.3 Å². The lowest BCUT2D eigenvalue weighted by Gasteiger charge is -2.03. The molecule has 1 aromatic rings. The van der Waals surface area contributed by atoms with E-state index in [-0.39, 0.29) is 0 Å². The van der Waals surface area contributed by atoms with Crippen LogP contribution in [-0.4, -0.2) is 11.3 Å². The molecular weight excluding hydrogens is 138 g/mol. The predicted molar refractivity (Wildman–Crippen MR) is 43.7 cm³/mol. The largest absolute Gasteiger partial charge is 0.296 e. The number of nitrogens with zero attached hydrogens (tertiary/aromatic N) is 1. The Labute approximate surface area is 66.3 Å². The van der Waals surface area contributed by atoms with Gasteiger partial charge in [0.15, 0.2) is 6.29 Å². The van der Waals surface area contributed by atoms with Crippen LogP contribution in [0.3, 0.4) is 0 Å². The van der Waals surface area contributed by atoms with Gasteiger partial charge in [-0.15, -0.1) is 0 Å². The summed E-state index contributed by atoms with van der Waals surface area (Å²) in [5.74, 6) is 0.455. The van der Waals surface area contributed by atoms with Gasteiger partial charge in [0, 0.05) is 6.20 Å². The Bertz CT molecular complexity index is 255. The Hall–Kier alpha value is -1.18. The Morgan fingerprint density at radius 2 is 2.27 bits per heavy atom. The van der Waals surface area contributed by atoms with Crippen LogP contribution in [0.1, 0.15) is 35.8 Å². The minimum Gasteiger partial charge on any atom is -0.296 e. The minimum atomic E-state index is 0.455. The van der Waals surface area contributed by atoms with E-state index in [9.17, 15) is 4.79 Å². The Kier molecular flexibility index (Phi) is 2.36. The van der Waals surface area contributed by atoms with Crippen molar-refractivity contribution in [3.05, 3.63) is 29.6 Å². The second-order valence-electron chi connectivity index (χ2n) is 2.79. The molecule has 1 aromatic heterocycles. The predicted octanol–water partition coefficient (Wildman–Crippen LogP) is 2.02. The van der Waals surface area contributed by atoms with E-state index in [1.807, 2.05) is 12.1 Å². The van der Waals surface area contributed by atoms with Gasteiger partial charge in [0.05, 0.1) is 0 Å². The van der Waals surface area contributed by atoms with E-state index in [2.05, 4.69) is 18.8 Å². The van der Waals surface area contributed by atoms with Gasteiger partial charge < -0.3 is 0 Å². The van der Waals surface area contributed by atoms with Gasteiger partial charge in [-0.1, -0.05) is 13.8 Å². The molecule has 0 radical (unpaired) electrons. The molecule has 1 rings (SSSR count). The van der Waals surface area contributed by atoms with E-state index in [0.717, 1.165) is 11.8 Å². The highest BCUT2D eigenvalue weighted by molar-refractivity contribution is 5.71. The van der Waals surface area contributed by atoms with Crippen LogP contribution in [0.25, 0.3) is 0 Å². The smallest absolute Gasteiger partial charge is 0.168 e. The molecule has 0 saturated heterocycles. The molecule has 58 valence electrons. The molecule has 0 fully saturated rings. The first kappa shape index (κ1) is 7.92. The van der Waals surface area contributed by atoms with Crippen LogP contribution in [0.2, 0.25) is 0 Å². The van der Waals surface area contributed by atoms with Crippen molar-refractivity contribution in [2.45, 2.75) is 19.8 Å². The highest BCUT2D eigenvalue weighted by Gasteiger charge is 1.99. The molecular formula is C9H11NO. The van der Waals surface area contributed by atoms with E-state index >= 15 is 0 Å². The van der Waals surface area contributed by atoms with Gasteiger partial charge in [0.2, 0.25) is 0 Å². The second-order valence-corrected chi connectivity index (χ2v) is 2.79. The second kappa shape index (κ2) is 3.28. The summed E-state index contributed by atoms with van der Waals surface area (Å²) in [6.45, 7) is 4.17. The SMILES string of the molecule is CC(C)c1ccnc(C=O)c1. The molecule has 0 saturated carbocycles. The monoisotopic (exact) mass is 149 g/mol. The average molecular weight is 149 g/mol. The van der Waals surface area contributed by atoms with Gasteiger partial charge in [0.25, 0.3) is 0 Å². The summed E-state index contributed by atoms with van der Waals surface area (Å²) in [6, 6.07) is 3.75. The molecule has 11 heavy (non-hydrogen) atoms. The van der Waals surface area contributed by atoms with Crippen molar-refractivity contribution < 1.29 is 4.79 Å². The Morgan fingerprint density at radius 3 is 2.82 bits per heavy atom. The van der Waals surface area contributed by atoms with Crippen molar-refractivity contribution in [3.8, 4) is 0 Å². The molecule has 0 bridgehead atoms. The number of rotatable bonds is 2. The van der Waals surface area contributed by atoms with E-state index in [1.54, 1.807) is 6.20 Å². The fourth-order valence-electron chi connectivity index (χ4n) is 0.889. The molecule has 0 unspecified atom stereocenters. The first-order valence-corrected chi connectivity index (χ1v) is 3.65. The first-order valence-electron chi connectivity index (χ1n) is 3.65. The molecule has 2 nitrogen and oxygen atoms in total. The van der Waals surface area contributed by atoms with Gasteiger partial charge in [-0.05, 0) is 23.6 Å². The molecule has 1 heterocycles. The first-order chi connectivity index (χ1) is 5.24. The molecule has 0 atom stereocenters. The summed E-state index contributed by atoms with van der Waals surface area (Å²) in [4.78, 5) is 14.2. The third kappa shape index (κ3) is 1.87. The summed E-state index contributed by atoms with van der Waals surface area (Å²) in [5, 5.41) is 0. The molecule has 0 amide bonds. The topological polar surface area (TPSA) is 30.0 Å². The zero-order chi connectivity index (χ0) is 8.27. The quantitative estimate of drug-likeness (QED) is 0.602. The van der Waals surface area contributed by atoms with Crippen LogP contribution in [-0.2, 0) is 0 Å². The standard InChI is InChI=1S/C9H11NO/c1-7(2)8-3-4-10-9(5-8)6-11/h3-7H,1-2H3. The Morgan fingerprint density at radius 1 is 1.55 bits per heavy atom. The normalized spacial score (nSPS) is 10.1. The van der Waals surface area contributed by atoms with Crippen molar-refractivity contribution in [2.24, 2.45) is 0 Å². The molecule has 0 aromatic carbocycles. The summed E-state index contributed by atoms with van der Waals surface area (Å²) in [6.07, 6.45) is 2.44. The third-order valence-corrected chi connectivity index (χ3v) is 1.59. The lowest BCUT2D eigenvalue weighted by atomic mass is 10.0. The number of hydrogen-bond acceptors (Lipinski definition) is 2. The number of hydrogen-bond donors (Lipinski definition) is 0. The fourth-order valence-corrected chi connectivity index (χ4v) is 0.889. The van der Waals surface area contributed by atoms with Crippen LogP contribution >= 0.6 is 0 Å². The van der Waals surface area contributed by atoms with Gasteiger partial charge in [0.1, 0.15) is 5.69 Å². The average Bonchev–Trinajstić information content (AvgIpc) is 2.05.